The molecule has 0 aliphatic carbocycles. The van der Waals surface area contributed by atoms with Crippen molar-refractivity contribution >= 4 is 5.96 Å². The summed E-state index contributed by atoms with van der Waals surface area (Å²) in [6, 6.07) is 0. The molecule has 0 aromatic rings. The molecule has 1 heterocycles. The van der Waals surface area contributed by atoms with Gasteiger partial charge in [0.1, 0.15) is 0 Å². The molecule has 1 aliphatic heterocycles. The quantitative estimate of drug-likeness (QED) is 0.518. The van der Waals surface area contributed by atoms with E-state index in [1.54, 1.807) is 0 Å². The minimum absolute atomic E-state index is 0.568. The van der Waals surface area contributed by atoms with Crippen LogP contribution in [0.2, 0.25) is 0 Å². The lowest BCUT2D eigenvalue weighted by Crippen LogP contribution is -2.43. The fourth-order valence-electron chi connectivity index (χ4n) is 1.67. The summed E-state index contributed by atoms with van der Waals surface area (Å²) in [7, 11) is 0. The highest BCUT2D eigenvalue weighted by molar-refractivity contribution is 5.77. The van der Waals surface area contributed by atoms with Gasteiger partial charge in [0.25, 0.3) is 0 Å². The zero-order valence-corrected chi connectivity index (χ0v) is 11.1. The van der Waals surface area contributed by atoms with Crippen LogP contribution in [0.15, 0.2) is 4.99 Å². The second-order valence-corrected chi connectivity index (χ2v) is 4.83. The van der Waals surface area contributed by atoms with Crippen LogP contribution in [-0.2, 0) is 4.74 Å². The number of morpholine rings is 1. The average molecular weight is 242 g/mol. The molecular formula is C12H26N4O. The maximum absolute atomic E-state index is 5.77. The van der Waals surface area contributed by atoms with Gasteiger partial charge in [0.2, 0.25) is 0 Å². The van der Waals surface area contributed by atoms with Gasteiger partial charge in [-0.25, -0.2) is 0 Å². The molecule has 17 heavy (non-hydrogen) atoms. The van der Waals surface area contributed by atoms with Gasteiger partial charge in [-0.15, -0.1) is 0 Å². The van der Waals surface area contributed by atoms with Crippen molar-refractivity contribution < 1.29 is 4.74 Å². The van der Waals surface area contributed by atoms with E-state index in [4.69, 9.17) is 10.5 Å². The van der Waals surface area contributed by atoms with Crippen LogP contribution in [0.4, 0.5) is 0 Å². The molecule has 0 saturated carbocycles. The Morgan fingerprint density at radius 2 is 2.12 bits per heavy atom. The van der Waals surface area contributed by atoms with E-state index in [1.807, 2.05) is 0 Å². The van der Waals surface area contributed by atoms with E-state index in [9.17, 15) is 0 Å². The van der Waals surface area contributed by atoms with Gasteiger partial charge in [-0.3, -0.25) is 9.89 Å². The molecule has 1 aliphatic rings. The van der Waals surface area contributed by atoms with E-state index in [0.717, 1.165) is 52.4 Å². The van der Waals surface area contributed by atoms with Gasteiger partial charge in [0.15, 0.2) is 5.96 Å². The number of aliphatic imine (C=N–C) groups is 1. The first-order valence-electron chi connectivity index (χ1n) is 6.52. The third kappa shape index (κ3) is 7.18. The van der Waals surface area contributed by atoms with Crippen molar-refractivity contribution in [2.24, 2.45) is 16.6 Å². The maximum atomic E-state index is 5.77. The normalized spacial score (nSPS) is 18.6. The number of ether oxygens (including phenoxy) is 1. The largest absolute Gasteiger partial charge is 0.379 e. The van der Waals surface area contributed by atoms with Crippen molar-refractivity contribution in [3.8, 4) is 0 Å². The Hall–Kier alpha value is -0.810. The Labute approximate surface area is 104 Å². The van der Waals surface area contributed by atoms with Gasteiger partial charge < -0.3 is 15.8 Å². The van der Waals surface area contributed by atoms with Crippen LogP contribution in [0.3, 0.4) is 0 Å². The number of rotatable bonds is 6. The third-order valence-corrected chi connectivity index (χ3v) is 2.83. The Morgan fingerprint density at radius 1 is 1.41 bits per heavy atom. The topological polar surface area (TPSA) is 62.9 Å². The summed E-state index contributed by atoms with van der Waals surface area (Å²) in [5.41, 5.74) is 5.77. The van der Waals surface area contributed by atoms with Gasteiger partial charge >= 0.3 is 0 Å². The third-order valence-electron chi connectivity index (χ3n) is 2.83. The van der Waals surface area contributed by atoms with Crippen LogP contribution in [-0.4, -0.2) is 56.8 Å². The average Bonchev–Trinajstić information content (AvgIpc) is 2.30. The Bertz CT molecular complexity index is 225. The van der Waals surface area contributed by atoms with Gasteiger partial charge in [-0.1, -0.05) is 13.8 Å². The standard InChI is InChI=1S/C12H26N4O/c1-11(2)3-4-14-12(13)15-5-6-16-7-9-17-10-8-16/h11H,3-10H2,1-2H3,(H3,13,14,15). The zero-order chi connectivity index (χ0) is 12.5. The molecule has 5 nitrogen and oxygen atoms in total. The van der Waals surface area contributed by atoms with Crippen LogP contribution < -0.4 is 11.1 Å². The van der Waals surface area contributed by atoms with E-state index >= 15 is 0 Å². The molecule has 100 valence electrons. The summed E-state index contributed by atoms with van der Waals surface area (Å²) in [5.74, 6) is 1.25. The molecule has 1 saturated heterocycles. The van der Waals surface area contributed by atoms with E-state index in [-0.39, 0.29) is 0 Å². The molecule has 0 aromatic carbocycles. The smallest absolute Gasteiger partial charge is 0.188 e. The first kappa shape index (κ1) is 14.3. The number of nitrogens with two attached hydrogens (primary N) is 1. The maximum Gasteiger partial charge on any atom is 0.188 e. The molecule has 5 heteroatoms. The predicted molar refractivity (Wildman–Crippen MR) is 71.2 cm³/mol. The van der Waals surface area contributed by atoms with Crippen molar-refractivity contribution in [1.29, 1.82) is 0 Å². The molecular weight excluding hydrogens is 216 g/mol. The molecule has 3 N–H and O–H groups in total. The molecule has 0 radical (unpaired) electrons. The first-order chi connectivity index (χ1) is 8.18. The number of hydrogen-bond acceptors (Lipinski definition) is 3. The Morgan fingerprint density at radius 3 is 2.76 bits per heavy atom. The SMILES string of the molecule is CC(C)CCN=C(N)NCCN1CCOCC1. The van der Waals surface area contributed by atoms with Gasteiger partial charge in [0.05, 0.1) is 13.2 Å². The van der Waals surface area contributed by atoms with Crippen LogP contribution in [0.1, 0.15) is 20.3 Å². The van der Waals surface area contributed by atoms with E-state index in [2.05, 4.69) is 29.1 Å². The molecule has 0 bridgehead atoms. The highest BCUT2D eigenvalue weighted by Gasteiger charge is 2.08. The summed E-state index contributed by atoms with van der Waals surface area (Å²) < 4.78 is 5.29. The Balaban J connectivity index is 2.04. The summed E-state index contributed by atoms with van der Waals surface area (Å²) in [6.45, 7) is 10.8. The lowest BCUT2D eigenvalue weighted by Gasteiger charge is -2.26. The number of hydrogen-bond donors (Lipinski definition) is 2. The Kier molecular flexibility index (Phi) is 6.96. The lowest BCUT2D eigenvalue weighted by atomic mass is 10.1. The molecule has 0 spiro atoms. The van der Waals surface area contributed by atoms with Crippen molar-refractivity contribution in [2.45, 2.75) is 20.3 Å². The highest BCUT2D eigenvalue weighted by Crippen LogP contribution is 1.98. The van der Waals surface area contributed by atoms with Crippen molar-refractivity contribution in [3.63, 3.8) is 0 Å². The van der Waals surface area contributed by atoms with Crippen molar-refractivity contribution in [1.82, 2.24) is 10.2 Å². The van der Waals surface area contributed by atoms with Gasteiger partial charge in [-0.2, -0.15) is 0 Å². The molecule has 0 amide bonds. The van der Waals surface area contributed by atoms with Gasteiger partial charge in [0, 0.05) is 32.7 Å². The van der Waals surface area contributed by atoms with Crippen LogP contribution in [0, 0.1) is 5.92 Å². The molecule has 0 atom stereocenters. The van der Waals surface area contributed by atoms with E-state index in [0.29, 0.717) is 11.9 Å². The van der Waals surface area contributed by atoms with Crippen LogP contribution >= 0.6 is 0 Å². The van der Waals surface area contributed by atoms with E-state index < -0.39 is 0 Å². The monoisotopic (exact) mass is 242 g/mol. The minimum atomic E-state index is 0.568. The highest BCUT2D eigenvalue weighted by atomic mass is 16.5. The number of guanidine groups is 1. The predicted octanol–water partition coefficient (Wildman–Crippen LogP) is 0.269. The van der Waals surface area contributed by atoms with Crippen LogP contribution in [0.25, 0.3) is 0 Å². The van der Waals surface area contributed by atoms with E-state index in [1.165, 1.54) is 0 Å². The molecule has 1 rings (SSSR count). The van der Waals surface area contributed by atoms with Gasteiger partial charge in [-0.05, 0) is 12.3 Å². The first-order valence-corrected chi connectivity index (χ1v) is 6.52. The van der Waals surface area contributed by atoms with Crippen LogP contribution in [0.5, 0.6) is 0 Å². The lowest BCUT2D eigenvalue weighted by molar-refractivity contribution is 0.0389. The summed E-state index contributed by atoms with van der Waals surface area (Å²) in [5, 5.41) is 3.15. The van der Waals surface area contributed by atoms with Crippen molar-refractivity contribution in [2.75, 3.05) is 45.9 Å². The summed E-state index contributed by atoms with van der Waals surface area (Å²) in [6.07, 6.45) is 1.09. The van der Waals surface area contributed by atoms with Crippen molar-refractivity contribution in [3.05, 3.63) is 0 Å². The minimum Gasteiger partial charge on any atom is -0.379 e. The fourth-order valence-corrected chi connectivity index (χ4v) is 1.67. The second-order valence-electron chi connectivity index (χ2n) is 4.83. The number of nitrogens with one attached hydrogen (secondary N) is 1. The molecule has 1 fully saturated rings. The number of nitrogens with zero attached hydrogens (tertiary/aromatic N) is 2. The summed E-state index contributed by atoms with van der Waals surface area (Å²) in [4.78, 5) is 6.66. The fraction of sp³-hybridized carbons (Fsp3) is 0.917. The molecule has 0 aromatic heterocycles. The second kappa shape index (κ2) is 8.31. The molecule has 0 unspecified atom stereocenters. The summed E-state index contributed by atoms with van der Waals surface area (Å²) >= 11 is 0. The zero-order valence-electron chi connectivity index (χ0n) is 11.1.